The number of aliphatic hydroxyl groups is 1. The molecule has 2 aromatic rings. The SMILES string of the molecule is O=[N+]([O-])c1cnc(N2CCC(O)(c3ccccc3Cl)CC2)c(Cl)c1. The van der Waals surface area contributed by atoms with Crippen LogP contribution in [-0.4, -0.2) is 28.1 Å². The van der Waals surface area contributed by atoms with E-state index in [-0.39, 0.29) is 10.7 Å². The number of pyridine rings is 1. The molecule has 126 valence electrons. The Bertz CT molecular complexity index is 777. The largest absolute Gasteiger partial charge is 0.385 e. The van der Waals surface area contributed by atoms with Crippen molar-refractivity contribution in [3.8, 4) is 0 Å². The van der Waals surface area contributed by atoms with Gasteiger partial charge >= 0.3 is 0 Å². The van der Waals surface area contributed by atoms with Gasteiger partial charge in [-0.15, -0.1) is 0 Å². The van der Waals surface area contributed by atoms with Crippen molar-refractivity contribution in [2.45, 2.75) is 18.4 Å². The lowest BCUT2D eigenvalue weighted by molar-refractivity contribution is -0.385. The monoisotopic (exact) mass is 367 g/mol. The number of aromatic nitrogens is 1. The van der Waals surface area contributed by atoms with Crippen molar-refractivity contribution in [3.63, 3.8) is 0 Å². The van der Waals surface area contributed by atoms with E-state index < -0.39 is 10.5 Å². The first-order valence-corrected chi connectivity index (χ1v) is 8.18. The number of nitrogens with zero attached hydrogens (tertiary/aromatic N) is 3. The number of hydrogen-bond donors (Lipinski definition) is 1. The lowest BCUT2D eigenvalue weighted by Gasteiger charge is -2.39. The molecule has 1 aromatic carbocycles. The van der Waals surface area contributed by atoms with Crippen LogP contribution in [0.3, 0.4) is 0 Å². The fourth-order valence-corrected chi connectivity index (χ4v) is 3.54. The molecule has 1 N–H and O–H groups in total. The molecular weight excluding hydrogens is 353 g/mol. The van der Waals surface area contributed by atoms with Crippen LogP contribution in [0.5, 0.6) is 0 Å². The van der Waals surface area contributed by atoms with Gasteiger partial charge in [-0.2, -0.15) is 0 Å². The third-order valence-corrected chi connectivity index (χ3v) is 4.89. The van der Waals surface area contributed by atoms with Crippen molar-refractivity contribution in [2.24, 2.45) is 0 Å². The summed E-state index contributed by atoms with van der Waals surface area (Å²) < 4.78 is 0. The standard InChI is InChI=1S/C16H15Cl2N3O3/c17-13-4-2-1-3-12(13)16(22)5-7-20(8-6-16)15-14(18)9-11(10-19-15)21(23)24/h1-4,9-10,22H,5-8H2. The van der Waals surface area contributed by atoms with Gasteiger partial charge in [0.25, 0.3) is 5.69 Å². The van der Waals surface area contributed by atoms with E-state index in [0.29, 0.717) is 42.3 Å². The highest BCUT2D eigenvalue weighted by Crippen LogP contribution is 2.38. The molecular formula is C16H15Cl2N3O3. The molecule has 1 saturated heterocycles. The minimum Gasteiger partial charge on any atom is -0.385 e. The van der Waals surface area contributed by atoms with Crippen molar-refractivity contribution in [2.75, 3.05) is 18.0 Å². The van der Waals surface area contributed by atoms with Gasteiger partial charge in [0.1, 0.15) is 12.0 Å². The zero-order valence-corrected chi connectivity index (χ0v) is 14.2. The quantitative estimate of drug-likeness (QED) is 0.659. The third-order valence-electron chi connectivity index (χ3n) is 4.28. The zero-order valence-electron chi connectivity index (χ0n) is 12.7. The first-order chi connectivity index (χ1) is 11.4. The van der Waals surface area contributed by atoms with Gasteiger partial charge in [-0.3, -0.25) is 10.1 Å². The van der Waals surface area contributed by atoms with Crippen LogP contribution in [0.2, 0.25) is 10.0 Å². The summed E-state index contributed by atoms with van der Waals surface area (Å²) in [6, 6.07) is 8.55. The maximum absolute atomic E-state index is 10.9. The molecule has 0 unspecified atom stereocenters. The molecule has 0 saturated carbocycles. The third kappa shape index (κ3) is 3.17. The number of piperidine rings is 1. The summed E-state index contributed by atoms with van der Waals surface area (Å²) in [6.07, 6.45) is 2.12. The first-order valence-electron chi connectivity index (χ1n) is 7.43. The Labute approximate surface area is 148 Å². The highest BCUT2D eigenvalue weighted by molar-refractivity contribution is 6.33. The Balaban J connectivity index is 1.78. The van der Waals surface area contributed by atoms with Gasteiger partial charge in [0, 0.05) is 29.7 Å². The summed E-state index contributed by atoms with van der Waals surface area (Å²) in [5.41, 5.74) is -0.426. The van der Waals surface area contributed by atoms with Crippen molar-refractivity contribution < 1.29 is 10.0 Å². The summed E-state index contributed by atoms with van der Waals surface area (Å²) in [7, 11) is 0. The molecule has 6 nitrogen and oxygen atoms in total. The lowest BCUT2D eigenvalue weighted by atomic mass is 9.84. The summed E-state index contributed by atoms with van der Waals surface area (Å²) in [4.78, 5) is 16.2. The average Bonchev–Trinajstić information content (AvgIpc) is 2.56. The maximum atomic E-state index is 10.9. The molecule has 1 aromatic heterocycles. The van der Waals surface area contributed by atoms with Crippen LogP contribution >= 0.6 is 23.2 Å². The molecule has 0 spiro atoms. The number of hydrogen-bond acceptors (Lipinski definition) is 5. The van der Waals surface area contributed by atoms with Crippen molar-refractivity contribution in [3.05, 3.63) is 62.3 Å². The predicted octanol–water partition coefficient (Wildman–Crippen LogP) is 3.78. The topological polar surface area (TPSA) is 79.5 Å². The van der Waals surface area contributed by atoms with Gasteiger partial charge in [0.2, 0.25) is 0 Å². The fraction of sp³-hybridized carbons (Fsp3) is 0.312. The Morgan fingerprint density at radius 2 is 1.88 bits per heavy atom. The number of nitro groups is 1. The van der Waals surface area contributed by atoms with Crippen molar-refractivity contribution in [1.82, 2.24) is 4.98 Å². The summed E-state index contributed by atoms with van der Waals surface area (Å²) in [5.74, 6) is 0.489. The number of anilines is 1. The zero-order chi connectivity index (χ0) is 17.3. The van der Waals surface area contributed by atoms with Gasteiger partial charge in [0.15, 0.2) is 0 Å². The second-order valence-electron chi connectivity index (χ2n) is 5.75. The van der Waals surface area contributed by atoms with Gasteiger partial charge in [-0.05, 0) is 18.9 Å². The maximum Gasteiger partial charge on any atom is 0.289 e. The van der Waals surface area contributed by atoms with Crippen molar-refractivity contribution >= 4 is 34.7 Å². The van der Waals surface area contributed by atoms with Gasteiger partial charge in [-0.25, -0.2) is 4.98 Å². The lowest BCUT2D eigenvalue weighted by Crippen LogP contribution is -2.43. The van der Waals surface area contributed by atoms with E-state index in [1.54, 1.807) is 6.07 Å². The predicted molar refractivity (Wildman–Crippen MR) is 92.7 cm³/mol. The fourth-order valence-electron chi connectivity index (χ4n) is 2.95. The van der Waals surface area contributed by atoms with E-state index in [1.807, 2.05) is 23.1 Å². The van der Waals surface area contributed by atoms with E-state index in [2.05, 4.69) is 4.98 Å². The minimum atomic E-state index is -0.998. The Kier molecular flexibility index (Phi) is 4.62. The van der Waals surface area contributed by atoms with E-state index in [0.717, 1.165) is 0 Å². The molecule has 3 rings (SSSR count). The normalized spacial score (nSPS) is 16.9. The number of halogens is 2. The molecule has 0 bridgehead atoms. The molecule has 2 heterocycles. The molecule has 0 amide bonds. The molecule has 24 heavy (non-hydrogen) atoms. The van der Waals surface area contributed by atoms with Crippen LogP contribution in [0.1, 0.15) is 18.4 Å². The minimum absolute atomic E-state index is 0.145. The number of benzene rings is 1. The molecule has 0 atom stereocenters. The Morgan fingerprint density at radius 1 is 1.21 bits per heavy atom. The average molecular weight is 368 g/mol. The van der Waals surface area contributed by atoms with Crippen LogP contribution in [0.25, 0.3) is 0 Å². The second-order valence-corrected chi connectivity index (χ2v) is 6.57. The van der Waals surface area contributed by atoms with Crippen LogP contribution in [-0.2, 0) is 5.60 Å². The molecule has 1 aliphatic heterocycles. The highest BCUT2D eigenvalue weighted by atomic mass is 35.5. The molecule has 8 heteroatoms. The Morgan fingerprint density at radius 3 is 2.46 bits per heavy atom. The van der Waals surface area contributed by atoms with E-state index >= 15 is 0 Å². The summed E-state index contributed by atoms with van der Waals surface area (Å²) in [5, 5.41) is 22.5. The smallest absolute Gasteiger partial charge is 0.289 e. The first kappa shape index (κ1) is 17.0. The summed E-state index contributed by atoms with van der Waals surface area (Å²) in [6.45, 7) is 1.04. The van der Waals surface area contributed by atoms with Gasteiger partial charge in [-0.1, -0.05) is 41.4 Å². The highest BCUT2D eigenvalue weighted by Gasteiger charge is 2.36. The van der Waals surface area contributed by atoms with Gasteiger partial charge < -0.3 is 10.0 Å². The summed E-state index contributed by atoms with van der Waals surface area (Å²) >= 11 is 12.3. The molecule has 1 fully saturated rings. The van der Waals surface area contributed by atoms with E-state index in [1.165, 1.54) is 12.3 Å². The number of rotatable bonds is 3. The molecule has 0 radical (unpaired) electrons. The van der Waals surface area contributed by atoms with Crippen LogP contribution in [0.15, 0.2) is 36.5 Å². The van der Waals surface area contributed by atoms with Crippen LogP contribution in [0.4, 0.5) is 11.5 Å². The van der Waals surface area contributed by atoms with Crippen LogP contribution < -0.4 is 4.90 Å². The Hall–Kier alpha value is -1.89. The van der Waals surface area contributed by atoms with Crippen molar-refractivity contribution in [1.29, 1.82) is 0 Å². The van der Waals surface area contributed by atoms with E-state index in [4.69, 9.17) is 23.2 Å². The molecule has 1 aliphatic rings. The van der Waals surface area contributed by atoms with E-state index in [9.17, 15) is 15.2 Å². The molecule has 0 aliphatic carbocycles. The van der Waals surface area contributed by atoms with Gasteiger partial charge in [0.05, 0.1) is 15.5 Å². The van der Waals surface area contributed by atoms with Crippen LogP contribution in [0, 0.1) is 10.1 Å². The second kappa shape index (κ2) is 6.55.